The minimum atomic E-state index is -1.30. The number of carbonyl (C=O) groups excluding carboxylic acids is 3. The summed E-state index contributed by atoms with van der Waals surface area (Å²) in [5, 5.41) is 6.46. The zero-order valence-electron chi connectivity index (χ0n) is 20.7. The Labute approximate surface area is 225 Å². The maximum Gasteiger partial charge on any atom is 0.246 e. The molecule has 6 rings (SSSR count). The Bertz CT molecular complexity index is 1310. The zero-order chi connectivity index (χ0) is 26.4. The number of nitrogens with zero attached hydrogens (tertiary/aromatic N) is 1. The van der Waals surface area contributed by atoms with E-state index in [9.17, 15) is 18.8 Å². The summed E-state index contributed by atoms with van der Waals surface area (Å²) in [7, 11) is 0. The van der Waals surface area contributed by atoms with E-state index < -0.39 is 41.3 Å². The highest BCUT2D eigenvalue weighted by Crippen LogP contribution is 2.55. The SMILES string of the molecule is O=C(Nc1cccc(Cl)c1)[C@H]1[C@H]2C=C[C@]3(O2)[C@H](C(=O)NC2CCCCC2)N(Cc2ccccc2F)C(=O)[C@@H]13. The molecule has 0 radical (unpaired) electrons. The van der Waals surface area contributed by atoms with Gasteiger partial charge in [0.25, 0.3) is 0 Å². The van der Waals surface area contributed by atoms with Crippen molar-refractivity contribution < 1.29 is 23.5 Å². The number of anilines is 1. The lowest BCUT2D eigenvalue weighted by molar-refractivity contribution is -0.142. The lowest BCUT2D eigenvalue weighted by atomic mass is 9.74. The lowest BCUT2D eigenvalue weighted by Crippen LogP contribution is -2.56. The molecular weight excluding hydrogens is 509 g/mol. The molecule has 9 heteroatoms. The van der Waals surface area contributed by atoms with E-state index in [0.717, 1.165) is 32.1 Å². The monoisotopic (exact) mass is 537 g/mol. The van der Waals surface area contributed by atoms with Gasteiger partial charge in [0.05, 0.1) is 17.9 Å². The molecular formula is C29H29ClFN3O4. The number of halogens is 2. The van der Waals surface area contributed by atoms with Crippen LogP contribution >= 0.6 is 11.6 Å². The van der Waals surface area contributed by atoms with E-state index in [4.69, 9.17) is 16.3 Å². The van der Waals surface area contributed by atoms with Gasteiger partial charge in [0, 0.05) is 28.9 Å². The van der Waals surface area contributed by atoms with Crippen LogP contribution in [0.3, 0.4) is 0 Å². The predicted molar refractivity (Wildman–Crippen MR) is 140 cm³/mol. The summed E-state index contributed by atoms with van der Waals surface area (Å²) in [6, 6.07) is 12.0. The summed E-state index contributed by atoms with van der Waals surface area (Å²) in [6.07, 6.45) is 7.83. The van der Waals surface area contributed by atoms with Crippen LogP contribution in [0, 0.1) is 17.7 Å². The average Bonchev–Trinajstić information content (AvgIpc) is 3.53. The number of nitrogens with one attached hydrogen (secondary N) is 2. The largest absolute Gasteiger partial charge is 0.359 e. The van der Waals surface area contributed by atoms with Gasteiger partial charge in [-0.05, 0) is 37.1 Å². The molecule has 2 aromatic carbocycles. The lowest BCUT2D eigenvalue weighted by Gasteiger charge is -2.34. The highest BCUT2D eigenvalue weighted by Gasteiger charge is 2.72. The van der Waals surface area contributed by atoms with Crippen LogP contribution in [-0.4, -0.2) is 46.4 Å². The number of hydrogen-bond donors (Lipinski definition) is 2. The van der Waals surface area contributed by atoms with Crippen LogP contribution in [0.15, 0.2) is 60.7 Å². The highest BCUT2D eigenvalue weighted by atomic mass is 35.5. The molecule has 198 valence electrons. The van der Waals surface area contributed by atoms with Gasteiger partial charge in [-0.1, -0.05) is 67.3 Å². The van der Waals surface area contributed by atoms with Gasteiger partial charge in [-0.25, -0.2) is 4.39 Å². The Hall–Kier alpha value is -3.23. The van der Waals surface area contributed by atoms with Crippen LogP contribution in [0.1, 0.15) is 37.7 Å². The number of fused-ring (bicyclic) bond motifs is 1. The molecule has 2 N–H and O–H groups in total. The average molecular weight is 538 g/mol. The number of benzene rings is 2. The quantitative estimate of drug-likeness (QED) is 0.540. The van der Waals surface area contributed by atoms with Crippen LogP contribution in [0.2, 0.25) is 5.02 Å². The second kappa shape index (κ2) is 9.82. The molecule has 0 unspecified atom stereocenters. The van der Waals surface area contributed by atoms with Crippen molar-refractivity contribution in [1.82, 2.24) is 10.2 Å². The summed E-state index contributed by atoms with van der Waals surface area (Å²) in [6.45, 7) is -0.100. The molecule has 1 spiro atoms. The van der Waals surface area contributed by atoms with Crippen molar-refractivity contribution in [3.05, 3.63) is 77.1 Å². The van der Waals surface area contributed by atoms with Gasteiger partial charge in [0.1, 0.15) is 17.5 Å². The molecule has 3 heterocycles. The number of likely N-dealkylation sites (tertiary alicyclic amines) is 1. The Morgan fingerprint density at radius 2 is 1.87 bits per heavy atom. The van der Waals surface area contributed by atoms with Gasteiger partial charge in [-0.2, -0.15) is 0 Å². The van der Waals surface area contributed by atoms with Gasteiger partial charge >= 0.3 is 0 Å². The van der Waals surface area contributed by atoms with Gasteiger partial charge < -0.3 is 20.3 Å². The first-order valence-corrected chi connectivity index (χ1v) is 13.5. The maximum absolute atomic E-state index is 14.7. The van der Waals surface area contributed by atoms with Crippen LogP contribution in [0.4, 0.5) is 10.1 Å². The summed E-state index contributed by atoms with van der Waals surface area (Å²) in [5.41, 5.74) is -0.503. The van der Waals surface area contributed by atoms with Crippen molar-refractivity contribution in [3.63, 3.8) is 0 Å². The second-order valence-corrected chi connectivity index (χ2v) is 11.0. The Morgan fingerprint density at radius 3 is 2.63 bits per heavy atom. The number of amides is 3. The van der Waals surface area contributed by atoms with Gasteiger partial charge in [0.2, 0.25) is 17.7 Å². The summed E-state index contributed by atoms with van der Waals surface area (Å²) >= 11 is 6.08. The summed E-state index contributed by atoms with van der Waals surface area (Å²) in [4.78, 5) is 42.8. The third-order valence-corrected chi connectivity index (χ3v) is 8.50. The molecule has 3 fully saturated rings. The summed E-state index contributed by atoms with van der Waals surface area (Å²) < 4.78 is 21.0. The standard InChI is InChI=1S/C29H29ClFN3O4/c30-18-8-6-11-20(15-18)33-26(35)23-22-13-14-29(38-22)24(23)28(37)34(16-17-7-4-5-12-21(17)31)25(29)27(36)32-19-9-2-1-3-10-19/h4-8,11-15,19,22-25H,1-3,9-10,16H2,(H,32,36)(H,33,35)/t22-,23+,24-,25+,29-/m1/s1. The fourth-order valence-electron chi connectivity index (χ4n) is 6.57. The molecule has 3 aliphatic heterocycles. The molecule has 3 amide bonds. The first-order chi connectivity index (χ1) is 18.4. The van der Waals surface area contributed by atoms with Crippen molar-refractivity contribution in [2.24, 2.45) is 11.8 Å². The van der Waals surface area contributed by atoms with Gasteiger partial charge in [-0.15, -0.1) is 0 Å². The Morgan fingerprint density at radius 1 is 1.08 bits per heavy atom. The number of ether oxygens (including phenoxy) is 1. The molecule has 4 aliphatic rings. The Kier molecular flexibility index (Phi) is 6.48. The van der Waals surface area contributed by atoms with Crippen LogP contribution in [0.5, 0.6) is 0 Å². The topological polar surface area (TPSA) is 87.7 Å². The van der Waals surface area contributed by atoms with E-state index in [0.29, 0.717) is 16.3 Å². The molecule has 7 nitrogen and oxygen atoms in total. The zero-order valence-corrected chi connectivity index (χ0v) is 21.5. The van der Waals surface area contributed by atoms with Crippen LogP contribution in [0.25, 0.3) is 0 Å². The van der Waals surface area contributed by atoms with E-state index in [1.165, 1.54) is 11.0 Å². The third-order valence-electron chi connectivity index (χ3n) is 8.27. The number of carbonyl (C=O) groups is 3. The van der Waals surface area contributed by atoms with Crippen molar-refractivity contribution in [3.8, 4) is 0 Å². The molecule has 38 heavy (non-hydrogen) atoms. The van der Waals surface area contributed by atoms with E-state index in [1.807, 2.05) is 0 Å². The van der Waals surface area contributed by atoms with Crippen molar-refractivity contribution >= 4 is 35.0 Å². The normalized spacial score (nSPS) is 29.9. The second-order valence-electron chi connectivity index (χ2n) is 10.6. The van der Waals surface area contributed by atoms with E-state index in [1.54, 1.807) is 54.6 Å². The predicted octanol–water partition coefficient (Wildman–Crippen LogP) is 4.22. The van der Waals surface area contributed by atoms with Crippen molar-refractivity contribution in [1.29, 1.82) is 0 Å². The van der Waals surface area contributed by atoms with E-state index >= 15 is 0 Å². The molecule has 2 bridgehead atoms. The van der Waals surface area contributed by atoms with Gasteiger partial charge in [0.15, 0.2) is 0 Å². The van der Waals surface area contributed by atoms with E-state index in [-0.39, 0.29) is 24.4 Å². The fraction of sp³-hybridized carbons (Fsp3) is 0.414. The minimum Gasteiger partial charge on any atom is -0.359 e. The molecule has 1 aliphatic carbocycles. The minimum absolute atomic E-state index is 0.0154. The number of rotatable bonds is 6. The molecule has 5 atom stereocenters. The summed E-state index contributed by atoms with van der Waals surface area (Å²) in [5.74, 6) is -3.33. The van der Waals surface area contributed by atoms with Crippen LogP contribution in [-0.2, 0) is 25.7 Å². The maximum atomic E-state index is 14.7. The Balaban J connectivity index is 1.34. The first kappa shape index (κ1) is 25.1. The number of hydrogen-bond acceptors (Lipinski definition) is 4. The fourth-order valence-corrected chi connectivity index (χ4v) is 6.76. The van der Waals surface area contributed by atoms with E-state index in [2.05, 4.69) is 10.6 Å². The smallest absolute Gasteiger partial charge is 0.246 e. The first-order valence-electron chi connectivity index (χ1n) is 13.2. The van der Waals surface area contributed by atoms with Crippen molar-refractivity contribution in [2.75, 3.05) is 5.32 Å². The van der Waals surface area contributed by atoms with Crippen LogP contribution < -0.4 is 10.6 Å². The van der Waals surface area contributed by atoms with Gasteiger partial charge in [-0.3, -0.25) is 14.4 Å². The molecule has 0 aromatic heterocycles. The molecule has 1 saturated carbocycles. The highest BCUT2D eigenvalue weighted by molar-refractivity contribution is 6.30. The molecule has 2 aromatic rings. The van der Waals surface area contributed by atoms with Crippen molar-refractivity contribution in [2.45, 2.75) is 62.4 Å². The molecule has 2 saturated heterocycles. The third kappa shape index (κ3) is 4.20.